The van der Waals surface area contributed by atoms with Gasteiger partial charge in [-0.15, -0.1) is 0 Å². The summed E-state index contributed by atoms with van der Waals surface area (Å²) in [6.07, 6.45) is -0.666. The molecule has 1 N–H and O–H groups in total. The zero-order chi connectivity index (χ0) is 29.5. The number of nitrogens with one attached hydrogen (secondary N) is 1. The van der Waals surface area contributed by atoms with Crippen molar-refractivity contribution in [2.45, 2.75) is 45.4 Å². The third-order valence-corrected chi connectivity index (χ3v) is 11.9. The Labute approximate surface area is 241 Å². The van der Waals surface area contributed by atoms with Crippen LogP contribution in [0.3, 0.4) is 0 Å². The number of carbonyl (C=O) groups excluding carboxylic acids is 2. The van der Waals surface area contributed by atoms with Crippen molar-refractivity contribution in [2.75, 3.05) is 13.7 Å². The molecule has 0 aliphatic carbocycles. The van der Waals surface area contributed by atoms with Crippen LogP contribution in [0.2, 0.25) is 5.04 Å². The first kappa shape index (κ1) is 29.8. The third kappa shape index (κ3) is 6.75. The van der Waals surface area contributed by atoms with Gasteiger partial charge < -0.3 is 23.6 Å². The second-order valence-electron chi connectivity index (χ2n) is 10.7. The molecule has 0 aliphatic rings. The Bertz CT molecular complexity index is 1400. The minimum atomic E-state index is -2.96. The fourth-order valence-corrected chi connectivity index (χ4v) is 9.48. The van der Waals surface area contributed by atoms with Gasteiger partial charge in [-0.1, -0.05) is 112 Å². The number of nitrogens with zero attached hydrogens (tertiary/aromatic N) is 1. The standard InChI is InChI=1S/C32H36N2O6Si/c1-23-28(30(35)37-5)34-29(40-23)27(33-31(36)38-21-24-15-9-6-10-16-24)22-39-41(32(2,3)4,25-17-11-7-12-18-25)26-19-13-8-14-20-26/h6-20,27H,21-22H2,1-5H3,(H,33,36)/t27-/m0/s1. The highest BCUT2D eigenvalue weighted by atomic mass is 28.4. The molecule has 0 saturated carbocycles. The number of hydrogen-bond acceptors (Lipinski definition) is 7. The van der Waals surface area contributed by atoms with Crippen molar-refractivity contribution in [3.63, 3.8) is 0 Å². The highest BCUT2D eigenvalue weighted by molar-refractivity contribution is 6.99. The minimum Gasteiger partial charge on any atom is -0.464 e. The number of aromatic nitrogens is 1. The van der Waals surface area contributed by atoms with Gasteiger partial charge in [0.2, 0.25) is 5.89 Å². The molecule has 0 aliphatic heterocycles. The third-order valence-electron chi connectivity index (χ3n) is 6.88. The lowest BCUT2D eigenvalue weighted by atomic mass is 10.2. The number of oxazole rings is 1. The number of rotatable bonds is 10. The van der Waals surface area contributed by atoms with E-state index in [4.69, 9.17) is 18.3 Å². The first-order valence-electron chi connectivity index (χ1n) is 13.4. The number of benzene rings is 3. The molecule has 0 radical (unpaired) electrons. The van der Waals surface area contributed by atoms with Crippen molar-refractivity contribution < 1.29 is 27.9 Å². The lowest BCUT2D eigenvalue weighted by Crippen LogP contribution is -2.67. The van der Waals surface area contributed by atoms with E-state index in [0.717, 1.165) is 15.9 Å². The van der Waals surface area contributed by atoms with Gasteiger partial charge >= 0.3 is 12.1 Å². The molecule has 0 saturated heterocycles. The van der Waals surface area contributed by atoms with Crippen LogP contribution in [0.15, 0.2) is 95.4 Å². The van der Waals surface area contributed by atoms with E-state index in [2.05, 4.69) is 55.3 Å². The van der Waals surface area contributed by atoms with Crippen molar-refractivity contribution in [3.8, 4) is 0 Å². The lowest BCUT2D eigenvalue weighted by Gasteiger charge is -2.43. The Morgan fingerprint density at radius 3 is 1.95 bits per heavy atom. The first-order chi connectivity index (χ1) is 19.7. The molecule has 1 aromatic heterocycles. The maximum atomic E-state index is 13.0. The van der Waals surface area contributed by atoms with E-state index in [1.54, 1.807) is 6.92 Å². The van der Waals surface area contributed by atoms with Crippen molar-refractivity contribution >= 4 is 30.8 Å². The van der Waals surface area contributed by atoms with Crippen molar-refractivity contribution in [3.05, 3.63) is 114 Å². The molecule has 0 spiro atoms. The van der Waals surface area contributed by atoms with Crippen LogP contribution < -0.4 is 15.7 Å². The predicted molar refractivity (Wildman–Crippen MR) is 159 cm³/mol. The average Bonchev–Trinajstić information content (AvgIpc) is 3.37. The molecule has 214 valence electrons. The molecule has 8 nitrogen and oxygen atoms in total. The van der Waals surface area contributed by atoms with Gasteiger partial charge in [-0.25, -0.2) is 14.6 Å². The normalized spacial score (nSPS) is 12.4. The van der Waals surface area contributed by atoms with E-state index in [1.165, 1.54) is 7.11 Å². The Hall–Kier alpha value is -4.21. The van der Waals surface area contributed by atoms with Crippen LogP contribution in [0.5, 0.6) is 0 Å². The number of ether oxygens (including phenoxy) is 2. The topological polar surface area (TPSA) is 99.9 Å². The van der Waals surface area contributed by atoms with Gasteiger partial charge in [0.1, 0.15) is 18.4 Å². The fraction of sp³-hybridized carbons (Fsp3) is 0.281. The van der Waals surface area contributed by atoms with Gasteiger partial charge in [0, 0.05) is 0 Å². The summed E-state index contributed by atoms with van der Waals surface area (Å²) in [6.45, 7) is 8.24. The summed E-state index contributed by atoms with van der Waals surface area (Å²) in [6, 6.07) is 28.9. The number of amides is 1. The number of methoxy groups -OCH3 is 1. The van der Waals surface area contributed by atoms with Gasteiger partial charge in [0.25, 0.3) is 8.32 Å². The number of alkyl carbamates (subject to hydrolysis) is 1. The summed E-state index contributed by atoms with van der Waals surface area (Å²) in [7, 11) is -1.68. The quantitative estimate of drug-likeness (QED) is 0.203. The largest absolute Gasteiger partial charge is 0.464 e. The molecule has 9 heteroatoms. The van der Waals surface area contributed by atoms with Crippen LogP contribution in [0.1, 0.15) is 54.5 Å². The van der Waals surface area contributed by atoms with E-state index in [-0.39, 0.29) is 35.6 Å². The maximum Gasteiger partial charge on any atom is 0.408 e. The molecule has 41 heavy (non-hydrogen) atoms. The Morgan fingerprint density at radius 1 is 0.902 bits per heavy atom. The monoisotopic (exact) mass is 572 g/mol. The summed E-state index contributed by atoms with van der Waals surface area (Å²) in [5.74, 6) is -0.227. The SMILES string of the molecule is COC(=O)c1nc([C@H](CO[Si](c2ccccc2)(c2ccccc2)C(C)(C)C)NC(=O)OCc2ccccc2)oc1C. The van der Waals surface area contributed by atoms with Gasteiger partial charge in [0.05, 0.1) is 13.7 Å². The highest BCUT2D eigenvalue weighted by Crippen LogP contribution is 2.37. The Kier molecular flexibility index (Phi) is 9.41. The van der Waals surface area contributed by atoms with Crippen molar-refractivity contribution in [1.82, 2.24) is 10.3 Å². The van der Waals surface area contributed by atoms with Crippen molar-refractivity contribution in [2.24, 2.45) is 0 Å². The smallest absolute Gasteiger partial charge is 0.408 e. The summed E-state index contributed by atoms with van der Waals surface area (Å²) in [5.41, 5.74) is 0.889. The predicted octanol–water partition coefficient (Wildman–Crippen LogP) is 5.31. The van der Waals surface area contributed by atoms with Gasteiger partial charge in [0.15, 0.2) is 5.69 Å². The number of aryl methyl sites for hydroxylation is 1. The van der Waals surface area contributed by atoms with E-state index >= 15 is 0 Å². The molecule has 0 bridgehead atoms. The molecule has 4 aromatic rings. The van der Waals surface area contributed by atoms with Crippen LogP contribution in [0.25, 0.3) is 0 Å². The average molecular weight is 573 g/mol. The summed E-state index contributed by atoms with van der Waals surface area (Å²) in [5, 5.41) is 4.73. The number of carbonyl (C=O) groups is 2. The number of hydrogen-bond donors (Lipinski definition) is 1. The Morgan fingerprint density at radius 2 is 1.44 bits per heavy atom. The molecular weight excluding hydrogens is 536 g/mol. The molecule has 1 atom stereocenters. The molecule has 3 aromatic carbocycles. The lowest BCUT2D eigenvalue weighted by molar-refractivity contribution is 0.0592. The summed E-state index contributed by atoms with van der Waals surface area (Å²) in [4.78, 5) is 29.7. The van der Waals surface area contributed by atoms with Crippen LogP contribution in [-0.2, 0) is 20.5 Å². The Balaban J connectivity index is 1.70. The summed E-state index contributed by atoms with van der Waals surface area (Å²) < 4.78 is 23.3. The van der Waals surface area contributed by atoms with Gasteiger partial charge in [-0.05, 0) is 27.9 Å². The van der Waals surface area contributed by atoms with Gasteiger partial charge in [-0.2, -0.15) is 0 Å². The van der Waals surface area contributed by atoms with Crippen LogP contribution >= 0.6 is 0 Å². The molecule has 1 heterocycles. The second-order valence-corrected chi connectivity index (χ2v) is 15.0. The van der Waals surface area contributed by atoms with E-state index in [1.807, 2.05) is 66.7 Å². The fourth-order valence-electron chi connectivity index (χ4n) is 4.90. The minimum absolute atomic E-state index is 0.0221. The number of esters is 1. The van der Waals surface area contributed by atoms with E-state index in [0.29, 0.717) is 0 Å². The molecule has 4 rings (SSSR count). The highest BCUT2D eigenvalue weighted by Gasteiger charge is 2.50. The van der Waals surface area contributed by atoms with Crippen LogP contribution in [0, 0.1) is 6.92 Å². The zero-order valence-corrected chi connectivity index (χ0v) is 25.0. The molecule has 1 amide bonds. The second kappa shape index (κ2) is 13.0. The van der Waals surface area contributed by atoms with Gasteiger partial charge in [-0.3, -0.25) is 0 Å². The van der Waals surface area contributed by atoms with Crippen LogP contribution in [0.4, 0.5) is 4.79 Å². The maximum absolute atomic E-state index is 13.0. The molecule has 0 unspecified atom stereocenters. The molecular formula is C32H36N2O6Si. The van der Waals surface area contributed by atoms with Crippen molar-refractivity contribution in [1.29, 1.82) is 0 Å². The van der Waals surface area contributed by atoms with Crippen LogP contribution in [-0.4, -0.2) is 39.1 Å². The zero-order valence-electron chi connectivity index (χ0n) is 24.0. The molecule has 0 fully saturated rings. The van der Waals surface area contributed by atoms with E-state index in [9.17, 15) is 9.59 Å². The van der Waals surface area contributed by atoms with E-state index < -0.39 is 26.4 Å². The summed E-state index contributed by atoms with van der Waals surface area (Å²) >= 11 is 0. The first-order valence-corrected chi connectivity index (χ1v) is 15.3.